The molecule has 0 N–H and O–H groups in total. The van der Waals surface area contributed by atoms with E-state index in [1.807, 2.05) is 36.4 Å². The quantitative estimate of drug-likeness (QED) is 0.848. The fraction of sp³-hybridized carbons (Fsp3) is 0.118. The summed E-state index contributed by atoms with van der Waals surface area (Å²) in [6.45, 7) is 3.71. The SMILES string of the molecule is C=Cn1c(/C=C/c2cccnc2)nc2c(c1=O)=CCCC=2. The predicted molar refractivity (Wildman–Crippen MR) is 85.5 cm³/mol. The van der Waals surface area contributed by atoms with E-state index in [0.717, 1.165) is 23.8 Å². The third kappa shape index (κ3) is 2.60. The van der Waals surface area contributed by atoms with Crippen LogP contribution in [0.4, 0.5) is 0 Å². The van der Waals surface area contributed by atoms with Crippen molar-refractivity contribution in [1.29, 1.82) is 0 Å². The van der Waals surface area contributed by atoms with Crippen LogP contribution in [0.2, 0.25) is 0 Å². The molecular formula is C17H15N3O. The van der Waals surface area contributed by atoms with Gasteiger partial charge < -0.3 is 0 Å². The second-order valence-electron chi connectivity index (χ2n) is 4.73. The molecule has 0 unspecified atom stereocenters. The molecule has 2 aromatic heterocycles. The van der Waals surface area contributed by atoms with Gasteiger partial charge in [0.15, 0.2) is 0 Å². The average molecular weight is 277 g/mol. The van der Waals surface area contributed by atoms with Gasteiger partial charge in [-0.05, 0) is 36.6 Å². The van der Waals surface area contributed by atoms with Crippen molar-refractivity contribution in [1.82, 2.24) is 14.5 Å². The van der Waals surface area contributed by atoms with Gasteiger partial charge >= 0.3 is 0 Å². The second kappa shape index (κ2) is 5.71. The van der Waals surface area contributed by atoms with Gasteiger partial charge in [-0.2, -0.15) is 0 Å². The molecule has 0 amide bonds. The summed E-state index contributed by atoms with van der Waals surface area (Å²) >= 11 is 0. The lowest BCUT2D eigenvalue weighted by Crippen LogP contribution is -2.47. The molecule has 0 saturated carbocycles. The Labute approximate surface area is 122 Å². The van der Waals surface area contributed by atoms with Crippen LogP contribution in [0.25, 0.3) is 30.5 Å². The van der Waals surface area contributed by atoms with Crippen LogP contribution in [-0.2, 0) is 0 Å². The molecule has 0 atom stereocenters. The Hall–Kier alpha value is -2.75. The van der Waals surface area contributed by atoms with E-state index in [1.54, 1.807) is 12.4 Å². The molecule has 4 nitrogen and oxygen atoms in total. The van der Waals surface area contributed by atoms with Gasteiger partial charge in [-0.15, -0.1) is 0 Å². The number of aromatic nitrogens is 3. The molecule has 0 fully saturated rings. The molecular weight excluding hydrogens is 262 g/mol. The highest BCUT2D eigenvalue weighted by molar-refractivity contribution is 5.67. The lowest BCUT2D eigenvalue weighted by molar-refractivity contribution is 0.913. The van der Waals surface area contributed by atoms with Gasteiger partial charge in [-0.25, -0.2) is 4.98 Å². The Balaban J connectivity index is 2.16. The molecule has 21 heavy (non-hydrogen) atoms. The van der Waals surface area contributed by atoms with Crippen molar-refractivity contribution >= 4 is 30.5 Å². The zero-order valence-electron chi connectivity index (χ0n) is 11.6. The number of nitrogens with zero attached hydrogens (tertiary/aromatic N) is 3. The topological polar surface area (TPSA) is 47.8 Å². The number of hydrogen-bond acceptors (Lipinski definition) is 3. The van der Waals surface area contributed by atoms with Crippen LogP contribution in [0.3, 0.4) is 0 Å². The molecule has 0 bridgehead atoms. The maximum Gasteiger partial charge on any atom is 0.265 e. The van der Waals surface area contributed by atoms with E-state index in [1.165, 1.54) is 10.8 Å². The Kier molecular flexibility index (Phi) is 3.60. The van der Waals surface area contributed by atoms with Gasteiger partial charge in [0.05, 0.1) is 10.6 Å². The highest BCUT2D eigenvalue weighted by Gasteiger charge is 2.06. The Morgan fingerprint density at radius 2 is 2.10 bits per heavy atom. The average Bonchev–Trinajstić information content (AvgIpc) is 2.54. The lowest BCUT2D eigenvalue weighted by Gasteiger charge is -2.06. The summed E-state index contributed by atoms with van der Waals surface area (Å²) in [5.41, 5.74) is 0.882. The van der Waals surface area contributed by atoms with E-state index in [9.17, 15) is 4.79 Å². The van der Waals surface area contributed by atoms with Gasteiger partial charge in [0.2, 0.25) is 0 Å². The number of fused-ring (bicyclic) bond motifs is 1. The van der Waals surface area contributed by atoms with Crippen LogP contribution in [0.5, 0.6) is 0 Å². The lowest BCUT2D eigenvalue weighted by atomic mass is 10.1. The summed E-state index contributed by atoms with van der Waals surface area (Å²) in [5, 5.41) is 1.43. The molecule has 2 heterocycles. The Bertz CT molecular complexity index is 877. The zero-order chi connectivity index (χ0) is 14.7. The summed E-state index contributed by atoms with van der Waals surface area (Å²) in [4.78, 5) is 21.0. The first kappa shape index (κ1) is 13.2. The van der Waals surface area contributed by atoms with Crippen molar-refractivity contribution < 1.29 is 0 Å². The van der Waals surface area contributed by atoms with E-state index < -0.39 is 0 Å². The molecule has 2 aromatic rings. The molecule has 0 spiro atoms. The molecule has 1 aliphatic rings. The molecule has 0 radical (unpaired) electrons. The van der Waals surface area contributed by atoms with E-state index in [2.05, 4.69) is 16.5 Å². The van der Waals surface area contributed by atoms with Crippen LogP contribution in [-0.4, -0.2) is 14.5 Å². The normalized spacial score (nSPS) is 13.3. The van der Waals surface area contributed by atoms with Crippen LogP contribution < -0.4 is 16.1 Å². The molecule has 3 rings (SSSR count). The second-order valence-corrected chi connectivity index (χ2v) is 4.73. The van der Waals surface area contributed by atoms with Gasteiger partial charge in [0.1, 0.15) is 5.82 Å². The van der Waals surface area contributed by atoms with Crippen molar-refractivity contribution in [2.75, 3.05) is 0 Å². The number of pyridine rings is 1. The maximum absolute atomic E-state index is 12.4. The zero-order valence-corrected chi connectivity index (χ0v) is 11.6. The molecule has 0 aliphatic heterocycles. The fourth-order valence-electron chi connectivity index (χ4n) is 2.32. The predicted octanol–water partition coefficient (Wildman–Crippen LogP) is 1.26. The van der Waals surface area contributed by atoms with Gasteiger partial charge in [0.25, 0.3) is 5.56 Å². The molecule has 0 aromatic carbocycles. The summed E-state index contributed by atoms with van der Waals surface area (Å²) in [5.74, 6) is 0.573. The van der Waals surface area contributed by atoms with E-state index >= 15 is 0 Å². The smallest absolute Gasteiger partial charge is 0.265 e. The minimum absolute atomic E-state index is 0.0724. The van der Waals surface area contributed by atoms with Crippen molar-refractivity contribution in [3.63, 3.8) is 0 Å². The fourth-order valence-corrected chi connectivity index (χ4v) is 2.32. The van der Waals surface area contributed by atoms with E-state index in [0.29, 0.717) is 11.0 Å². The third-order valence-corrected chi connectivity index (χ3v) is 3.35. The van der Waals surface area contributed by atoms with Crippen LogP contribution in [0.1, 0.15) is 24.2 Å². The maximum atomic E-state index is 12.4. The van der Waals surface area contributed by atoms with Crippen LogP contribution >= 0.6 is 0 Å². The number of rotatable bonds is 3. The summed E-state index contributed by atoms with van der Waals surface area (Å²) < 4.78 is 1.47. The number of hydrogen-bond donors (Lipinski definition) is 0. The van der Waals surface area contributed by atoms with Crippen molar-refractivity contribution in [3.05, 3.63) is 63.4 Å². The van der Waals surface area contributed by atoms with Crippen molar-refractivity contribution in [2.45, 2.75) is 12.8 Å². The Morgan fingerprint density at radius 1 is 1.24 bits per heavy atom. The van der Waals surface area contributed by atoms with Gasteiger partial charge in [-0.1, -0.05) is 24.8 Å². The summed E-state index contributed by atoms with van der Waals surface area (Å²) in [7, 11) is 0. The molecule has 1 aliphatic carbocycles. The van der Waals surface area contributed by atoms with Crippen molar-refractivity contribution in [3.8, 4) is 0 Å². The Morgan fingerprint density at radius 3 is 2.86 bits per heavy atom. The minimum atomic E-state index is -0.0724. The summed E-state index contributed by atoms with van der Waals surface area (Å²) in [6, 6.07) is 3.81. The van der Waals surface area contributed by atoms with Crippen LogP contribution in [0, 0.1) is 0 Å². The molecule has 104 valence electrons. The highest BCUT2D eigenvalue weighted by atomic mass is 16.1. The van der Waals surface area contributed by atoms with Gasteiger partial charge in [0, 0.05) is 18.6 Å². The monoisotopic (exact) mass is 277 g/mol. The van der Waals surface area contributed by atoms with E-state index in [4.69, 9.17) is 0 Å². The molecule has 0 saturated heterocycles. The summed E-state index contributed by atoms with van der Waals surface area (Å²) in [6.07, 6.45) is 14.4. The minimum Gasteiger partial charge on any atom is -0.268 e. The van der Waals surface area contributed by atoms with E-state index in [-0.39, 0.29) is 5.56 Å². The van der Waals surface area contributed by atoms with Crippen LogP contribution in [0.15, 0.2) is 35.9 Å². The van der Waals surface area contributed by atoms with Crippen molar-refractivity contribution in [2.24, 2.45) is 0 Å². The van der Waals surface area contributed by atoms with Gasteiger partial charge in [-0.3, -0.25) is 14.3 Å². The first-order valence-corrected chi connectivity index (χ1v) is 6.83. The first-order valence-electron chi connectivity index (χ1n) is 6.83. The highest BCUT2D eigenvalue weighted by Crippen LogP contribution is 2.03. The largest absolute Gasteiger partial charge is 0.268 e. The standard InChI is InChI=1S/C17H15N3O/c1-2-20-16(10-9-13-6-5-11-18-12-13)19-15-8-4-3-7-14(15)17(20)21/h2,5-12H,1,3-4H2/b10-9+. The third-order valence-electron chi connectivity index (χ3n) is 3.35. The molecule has 4 heteroatoms. The first-order chi connectivity index (χ1) is 10.3.